The maximum atomic E-state index is 10.6. The Morgan fingerprint density at radius 2 is 1.77 bits per heavy atom. The van der Waals surface area contributed by atoms with E-state index in [1.807, 2.05) is 0 Å². The number of benzene rings is 1. The van der Waals surface area contributed by atoms with Crippen LogP contribution in [-0.2, 0) is 11.2 Å². The molecule has 0 aliphatic rings. The third-order valence-corrected chi connectivity index (χ3v) is 2.08. The lowest BCUT2D eigenvalue weighted by Crippen LogP contribution is -1.92. The first-order valence-corrected chi connectivity index (χ1v) is 4.71. The van der Waals surface area contributed by atoms with Crippen molar-refractivity contribution in [1.82, 2.24) is 0 Å². The quantitative estimate of drug-likeness (QED) is 0.680. The highest BCUT2D eigenvalue weighted by Crippen LogP contribution is 2.11. The summed E-state index contributed by atoms with van der Waals surface area (Å²) in [5.41, 5.74) is 3.65. The van der Waals surface area contributed by atoms with Gasteiger partial charge in [0.1, 0.15) is 0 Å². The van der Waals surface area contributed by atoms with Gasteiger partial charge in [-0.25, -0.2) is 0 Å². The van der Waals surface area contributed by atoms with Crippen LogP contribution in [0.5, 0.6) is 0 Å². The van der Waals surface area contributed by atoms with E-state index in [1.165, 1.54) is 16.7 Å². The largest absolute Gasteiger partial charge is 0.281 e. The predicted molar refractivity (Wildman–Crippen MR) is 55.1 cm³/mol. The van der Waals surface area contributed by atoms with E-state index in [0.29, 0.717) is 6.42 Å². The molecule has 0 atom stereocenters. The highest BCUT2D eigenvalue weighted by Gasteiger charge is 1.99. The zero-order chi connectivity index (χ0) is 9.84. The summed E-state index contributed by atoms with van der Waals surface area (Å²) in [5.74, 6) is 0. The fraction of sp³-hybridized carbons (Fsp3) is 0.364. The molecule has 70 valence electrons. The Balaban J connectivity index is 2.71. The Morgan fingerprint density at radius 1 is 1.23 bits per heavy atom. The summed E-state index contributed by atoms with van der Waals surface area (Å²) >= 11 is 5.27. The minimum atomic E-state index is -0.265. The molecule has 0 aliphatic heterocycles. The number of hydrogen-bond donors (Lipinski definition) is 0. The lowest BCUT2D eigenvalue weighted by molar-refractivity contribution is -0.111. The Hall–Kier alpha value is -0.820. The van der Waals surface area contributed by atoms with E-state index in [2.05, 4.69) is 32.0 Å². The van der Waals surface area contributed by atoms with Crippen LogP contribution in [-0.4, -0.2) is 5.24 Å². The summed E-state index contributed by atoms with van der Waals surface area (Å²) in [4.78, 5) is 10.6. The van der Waals surface area contributed by atoms with Crippen molar-refractivity contribution >= 4 is 16.8 Å². The Kier molecular flexibility index (Phi) is 3.49. The first-order chi connectivity index (χ1) is 6.08. The van der Waals surface area contributed by atoms with Crippen LogP contribution in [0.3, 0.4) is 0 Å². The van der Waals surface area contributed by atoms with Crippen molar-refractivity contribution < 1.29 is 4.79 Å². The molecule has 0 radical (unpaired) electrons. The van der Waals surface area contributed by atoms with E-state index in [4.69, 9.17) is 11.6 Å². The topological polar surface area (TPSA) is 17.1 Å². The van der Waals surface area contributed by atoms with Gasteiger partial charge in [0.15, 0.2) is 0 Å². The molecular weight excluding hydrogens is 184 g/mol. The number of halogens is 1. The van der Waals surface area contributed by atoms with Gasteiger partial charge in [0.05, 0.1) is 0 Å². The van der Waals surface area contributed by atoms with Crippen molar-refractivity contribution in [3.05, 3.63) is 34.9 Å². The van der Waals surface area contributed by atoms with Gasteiger partial charge in [-0.2, -0.15) is 0 Å². The molecule has 2 heteroatoms. The van der Waals surface area contributed by atoms with Gasteiger partial charge >= 0.3 is 0 Å². The van der Waals surface area contributed by atoms with Crippen LogP contribution < -0.4 is 0 Å². The average molecular weight is 197 g/mol. The van der Waals surface area contributed by atoms with Gasteiger partial charge in [-0.05, 0) is 37.4 Å². The Morgan fingerprint density at radius 3 is 2.23 bits per heavy atom. The zero-order valence-corrected chi connectivity index (χ0v) is 8.69. The lowest BCUT2D eigenvalue weighted by Gasteiger charge is -2.02. The Labute approximate surface area is 83.7 Å². The molecule has 0 heterocycles. The number of rotatable bonds is 3. The van der Waals surface area contributed by atoms with Gasteiger partial charge in [0.2, 0.25) is 5.24 Å². The van der Waals surface area contributed by atoms with Crippen molar-refractivity contribution in [3.8, 4) is 0 Å². The molecule has 1 rings (SSSR count). The Bertz CT molecular complexity index is 298. The van der Waals surface area contributed by atoms with E-state index in [1.54, 1.807) is 0 Å². The number of hydrogen-bond acceptors (Lipinski definition) is 1. The second kappa shape index (κ2) is 4.43. The SMILES string of the molecule is Cc1cc(C)cc(CCC(=O)Cl)c1. The molecule has 1 aromatic rings. The van der Waals surface area contributed by atoms with Gasteiger partial charge in [0.25, 0.3) is 0 Å². The van der Waals surface area contributed by atoms with Crippen LogP contribution in [0.15, 0.2) is 18.2 Å². The van der Waals surface area contributed by atoms with Crippen molar-refractivity contribution in [2.75, 3.05) is 0 Å². The fourth-order valence-electron chi connectivity index (χ4n) is 1.46. The zero-order valence-electron chi connectivity index (χ0n) is 7.93. The predicted octanol–water partition coefficient (Wildman–Crippen LogP) is 3.00. The summed E-state index contributed by atoms with van der Waals surface area (Å²) in [7, 11) is 0. The van der Waals surface area contributed by atoms with Crippen LogP contribution in [0, 0.1) is 13.8 Å². The molecule has 0 unspecified atom stereocenters. The molecule has 0 fully saturated rings. The summed E-state index contributed by atoms with van der Waals surface area (Å²) < 4.78 is 0. The summed E-state index contributed by atoms with van der Waals surface area (Å²) in [5, 5.41) is -0.265. The standard InChI is InChI=1S/C11H13ClO/c1-8-5-9(2)7-10(6-8)3-4-11(12)13/h5-7H,3-4H2,1-2H3. The average Bonchev–Trinajstić information content (AvgIpc) is 1.99. The number of carbonyl (C=O) groups is 1. The van der Waals surface area contributed by atoms with Gasteiger partial charge in [0, 0.05) is 6.42 Å². The molecule has 0 bridgehead atoms. The van der Waals surface area contributed by atoms with Gasteiger partial charge in [-0.1, -0.05) is 29.3 Å². The molecule has 0 saturated carbocycles. The van der Waals surface area contributed by atoms with Crippen LogP contribution >= 0.6 is 11.6 Å². The van der Waals surface area contributed by atoms with Gasteiger partial charge in [-0.3, -0.25) is 4.79 Å². The molecule has 0 aromatic heterocycles. The van der Waals surface area contributed by atoms with Crippen LogP contribution in [0.1, 0.15) is 23.1 Å². The van der Waals surface area contributed by atoms with E-state index in [0.717, 1.165) is 6.42 Å². The first kappa shape index (κ1) is 10.3. The molecule has 0 aliphatic carbocycles. The molecule has 0 spiro atoms. The minimum absolute atomic E-state index is 0.265. The van der Waals surface area contributed by atoms with Gasteiger partial charge < -0.3 is 0 Å². The molecule has 13 heavy (non-hydrogen) atoms. The monoisotopic (exact) mass is 196 g/mol. The summed E-state index contributed by atoms with van der Waals surface area (Å²) in [6.45, 7) is 4.11. The third-order valence-electron chi connectivity index (χ3n) is 1.89. The third kappa shape index (κ3) is 3.60. The second-order valence-corrected chi connectivity index (χ2v) is 3.77. The molecule has 0 saturated heterocycles. The van der Waals surface area contributed by atoms with Crippen LogP contribution in [0.25, 0.3) is 0 Å². The highest BCUT2D eigenvalue weighted by molar-refractivity contribution is 6.63. The maximum absolute atomic E-state index is 10.6. The van der Waals surface area contributed by atoms with Crippen molar-refractivity contribution in [2.24, 2.45) is 0 Å². The molecule has 0 N–H and O–H groups in total. The van der Waals surface area contributed by atoms with Crippen LogP contribution in [0.4, 0.5) is 0 Å². The number of carbonyl (C=O) groups excluding carboxylic acids is 1. The molecular formula is C11H13ClO. The van der Waals surface area contributed by atoms with E-state index in [-0.39, 0.29) is 5.24 Å². The number of aryl methyl sites for hydroxylation is 3. The fourth-order valence-corrected chi connectivity index (χ4v) is 1.55. The normalized spacial score (nSPS) is 10.1. The molecule has 1 aromatic carbocycles. The molecule has 1 nitrogen and oxygen atoms in total. The lowest BCUT2D eigenvalue weighted by atomic mass is 10.0. The smallest absolute Gasteiger partial charge is 0.221 e. The van der Waals surface area contributed by atoms with Crippen molar-refractivity contribution in [1.29, 1.82) is 0 Å². The maximum Gasteiger partial charge on any atom is 0.221 e. The van der Waals surface area contributed by atoms with E-state index >= 15 is 0 Å². The van der Waals surface area contributed by atoms with Crippen molar-refractivity contribution in [3.63, 3.8) is 0 Å². The van der Waals surface area contributed by atoms with Crippen LogP contribution in [0.2, 0.25) is 0 Å². The molecule has 0 amide bonds. The summed E-state index contributed by atoms with van der Waals surface area (Å²) in [6.07, 6.45) is 1.16. The first-order valence-electron chi connectivity index (χ1n) is 4.33. The van der Waals surface area contributed by atoms with Crippen molar-refractivity contribution in [2.45, 2.75) is 26.7 Å². The van der Waals surface area contributed by atoms with Gasteiger partial charge in [-0.15, -0.1) is 0 Å². The highest BCUT2D eigenvalue weighted by atomic mass is 35.5. The minimum Gasteiger partial charge on any atom is -0.281 e. The van der Waals surface area contributed by atoms with E-state index < -0.39 is 0 Å². The summed E-state index contributed by atoms with van der Waals surface area (Å²) in [6, 6.07) is 6.30. The second-order valence-electron chi connectivity index (χ2n) is 3.35. The van der Waals surface area contributed by atoms with E-state index in [9.17, 15) is 4.79 Å².